The number of ether oxygens (including phenoxy) is 2. The molecule has 1 saturated heterocycles. The van der Waals surface area contributed by atoms with Crippen molar-refractivity contribution in [3.8, 4) is 11.5 Å². The maximum atomic E-state index is 12.1. The molecule has 0 radical (unpaired) electrons. The number of halogens is 1. The number of rotatable bonds is 5. The van der Waals surface area contributed by atoms with Gasteiger partial charge in [-0.25, -0.2) is 0 Å². The van der Waals surface area contributed by atoms with Gasteiger partial charge in [0.25, 0.3) is 0 Å². The molecule has 2 N–H and O–H groups in total. The van der Waals surface area contributed by atoms with Gasteiger partial charge in [0, 0.05) is 24.8 Å². The second kappa shape index (κ2) is 9.27. The van der Waals surface area contributed by atoms with Crippen molar-refractivity contribution < 1.29 is 14.3 Å². The fourth-order valence-electron chi connectivity index (χ4n) is 2.43. The third-order valence-corrected chi connectivity index (χ3v) is 3.51. The summed E-state index contributed by atoms with van der Waals surface area (Å²) in [5.74, 6) is 1.39. The Balaban J connectivity index is 0.00000208. The lowest BCUT2D eigenvalue weighted by Gasteiger charge is -2.23. The van der Waals surface area contributed by atoms with Crippen LogP contribution in [0.1, 0.15) is 6.42 Å². The molecule has 1 fully saturated rings. The summed E-state index contributed by atoms with van der Waals surface area (Å²) in [5.41, 5.74) is 0.715. The lowest BCUT2D eigenvalue weighted by atomic mass is 10.2. The Kier molecular flexibility index (Phi) is 7.06. The number of hydrogen-bond donors (Lipinski definition) is 2. The fraction of sp³-hybridized carbons (Fsp3) is 0.278. The van der Waals surface area contributed by atoms with Crippen LogP contribution in [0, 0.1) is 0 Å². The molecule has 0 aliphatic carbocycles. The van der Waals surface area contributed by atoms with Crippen LogP contribution in [0.2, 0.25) is 0 Å². The van der Waals surface area contributed by atoms with Crippen LogP contribution < -0.4 is 15.4 Å². The highest BCUT2D eigenvalue weighted by atomic mass is 35.5. The summed E-state index contributed by atoms with van der Waals surface area (Å²) < 4.78 is 11.3. The van der Waals surface area contributed by atoms with Gasteiger partial charge in [0.2, 0.25) is 5.91 Å². The van der Waals surface area contributed by atoms with Crippen LogP contribution in [-0.2, 0) is 9.53 Å². The summed E-state index contributed by atoms with van der Waals surface area (Å²) in [6.45, 7) is 2.21. The number of hydrogen-bond acceptors (Lipinski definition) is 4. The normalized spacial score (nSPS) is 16.8. The first-order chi connectivity index (χ1) is 11.3. The Morgan fingerprint density at radius 3 is 2.71 bits per heavy atom. The van der Waals surface area contributed by atoms with E-state index in [4.69, 9.17) is 9.47 Å². The van der Waals surface area contributed by atoms with Crippen molar-refractivity contribution in [2.45, 2.75) is 12.5 Å². The molecular weight excluding hydrogens is 328 g/mol. The third-order valence-electron chi connectivity index (χ3n) is 3.51. The van der Waals surface area contributed by atoms with E-state index in [1.807, 2.05) is 54.6 Å². The zero-order chi connectivity index (χ0) is 15.9. The number of carbonyl (C=O) groups excluding carboxylic acids is 1. The van der Waals surface area contributed by atoms with Crippen molar-refractivity contribution in [2.24, 2.45) is 0 Å². The largest absolute Gasteiger partial charge is 0.457 e. The quantitative estimate of drug-likeness (QED) is 0.871. The van der Waals surface area contributed by atoms with Crippen molar-refractivity contribution in [3.05, 3.63) is 54.6 Å². The van der Waals surface area contributed by atoms with Gasteiger partial charge in [0.1, 0.15) is 11.5 Å². The van der Waals surface area contributed by atoms with Crippen molar-refractivity contribution in [2.75, 3.05) is 25.0 Å². The standard InChI is InChI=1S/C18H20N2O3.ClH/c21-18(12-17-13-19-9-10-22-17)20-14-5-4-8-16(11-14)23-15-6-2-1-3-7-15;/h1-8,11,17,19H,9-10,12-13H2,(H,20,21);1H. The summed E-state index contributed by atoms with van der Waals surface area (Å²) in [5, 5.41) is 6.10. The van der Waals surface area contributed by atoms with Crippen molar-refractivity contribution in [1.82, 2.24) is 5.32 Å². The van der Waals surface area contributed by atoms with Gasteiger partial charge in [0.05, 0.1) is 19.1 Å². The lowest BCUT2D eigenvalue weighted by Crippen LogP contribution is -2.40. The molecule has 1 unspecified atom stereocenters. The molecule has 1 aliphatic rings. The highest BCUT2D eigenvalue weighted by Crippen LogP contribution is 2.24. The van der Waals surface area contributed by atoms with E-state index in [9.17, 15) is 4.79 Å². The van der Waals surface area contributed by atoms with E-state index in [-0.39, 0.29) is 24.4 Å². The van der Waals surface area contributed by atoms with Gasteiger partial charge >= 0.3 is 0 Å². The smallest absolute Gasteiger partial charge is 0.227 e. The Morgan fingerprint density at radius 1 is 1.17 bits per heavy atom. The number of benzene rings is 2. The first-order valence-corrected chi connectivity index (χ1v) is 7.75. The fourth-order valence-corrected chi connectivity index (χ4v) is 2.43. The molecule has 0 spiro atoms. The van der Waals surface area contributed by atoms with Crippen LogP contribution in [-0.4, -0.2) is 31.7 Å². The molecular formula is C18H21ClN2O3. The minimum absolute atomic E-state index is 0. The number of nitrogens with one attached hydrogen (secondary N) is 2. The van der Waals surface area contributed by atoms with E-state index >= 15 is 0 Å². The summed E-state index contributed by atoms with van der Waals surface area (Å²) in [4.78, 5) is 12.1. The molecule has 1 heterocycles. The van der Waals surface area contributed by atoms with E-state index < -0.39 is 0 Å². The summed E-state index contributed by atoms with van der Waals surface area (Å²) >= 11 is 0. The van der Waals surface area contributed by atoms with Crippen LogP contribution >= 0.6 is 12.4 Å². The van der Waals surface area contributed by atoms with Crippen LogP contribution in [0.25, 0.3) is 0 Å². The van der Waals surface area contributed by atoms with E-state index in [1.54, 1.807) is 0 Å². The number of anilines is 1. The molecule has 1 amide bonds. The van der Waals surface area contributed by atoms with Crippen LogP contribution in [0.3, 0.4) is 0 Å². The first-order valence-electron chi connectivity index (χ1n) is 7.75. The first kappa shape index (κ1) is 18.3. The van der Waals surface area contributed by atoms with Gasteiger partial charge in [-0.2, -0.15) is 0 Å². The van der Waals surface area contributed by atoms with Crippen molar-refractivity contribution in [1.29, 1.82) is 0 Å². The average Bonchev–Trinajstić information content (AvgIpc) is 2.57. The van der Waals surface area contributed by atoms with Crippen molar-refractivity contribution >= 4 is 24.0 Å². The molecule has 5 nitrogen and oxygen atoms in total. The van der Waals surface area contributed by atoms with Gasteiger partial charge < -0.3 is 20.1 Å². The van der Waals surface area contributed by atoms with Gasteiger partial charge in [-0.3, -0.25) is 4.79 Å². The van der Waals surface area contributed by atoms with E-state index in [0.717, 1.165) is 12.3 Å². The second-order valence-corrected chi connectivity index (χ2v) is 5.39. The number of morpholine rings is 1. The molecule has 0 saturated carbocycles. The van der Waals surface area contributed by atoms with Gasteiger partial charge in [-0.15, -0.1) is 12.4 Å². The van der Waals surface area contributed by atoms with Gasteiger partial charge in [-0.1, -0.05) is 24.3 Å². The number of amides is 1. The van der Waals surface area contributed by atoms with Gasteiger partial charge in [0.15, 0.2) is 0 Å². The Labute approximate surface area is 147 Å². The van der Waals surface area contributed by atoms with Crippen LogP contribution in [0.15, 0.2) is 54.6 Å². The van der Waals surface area contributed by atoms with E-state index in [0.29, 0.717) is 31.0 Å². The molecule has 6 heteroatoms. The van der Waals surface area contributed by atoms with Gasteiger partial charge in [-0.05, 0) is 24.3 Å². The molecule has 2 aromatic carbocycles. The predicted molar refractivity (Wildman–Crippen MR) is 96.1 cm³/mol. The maximum Gasteiger partial charge on any atom is 0.227 e. The zero-order valence-corrected chi connectivity index (χ0v) is 14.1. The lowest BCUT2D eigenvalue weighted by molar-refractivity contribution is -0.119. The Hall–Kier alpha value is -2.08. The molecule has 128 valence electrons. The SMILES string of the molecule is Cl.O=C(CC1CNCCO1)Nc1cccc(Oc2ccccc2)c1. The van der Waals surface area contributed by atoms with Crippen molar-refractivity contribution in [3.63, 3.8) is 0 Å². The molecule has 3 rings (SSSR count). The molecule has 2 aromatic rings. The van der Waals surface area contributed by atoms with Crippen LogP contribution in [0.5, 0.6) is 11.5 Å². The number of carbonyl (C=O) groups is 1. The Bertz CT molecular complexity index is 646. The predicted octanol–water partition coefficient (Wildman–Crippen LogP) is 3.22. The summed E-state index contributed by atoms with van der Waals surface area (Å²) in [6.07, 6.45) is 0.282. The maximum absolute atomic E-state index is 12.1. The highest BCUT2D eigenvalue weighted by molar-refractivity contribution is 5.91. The van der Waals surface area contributed by atoms with E-state index in [2.05, 4.69) is 10.6 Å². The minimum atomic E-state index is -0.0625. The second-order valence-electron chi connectivity index (χ2n) is 5.39. The number of para-hydroxylation sites is 1. The molecule has 1 aliphatic heterocycles. The van der Waals surface area contributed by atoms with Crippen LogP contribution in [0.4, 0.5) is 5.69 Å². The molecule has 1 atom stereocenters. The topological polar surface area (TPSA) is 59.6 Å². The zero-order valence-electron chi connectivity index (χ0n) is 13.2. The molecule has 24 heavy (non-hydrogen) atoms. The summed E-state index contributed by atoms with van der Waals surface area (Å²) in [6, 6.07) is 16.9. The minimum Gasteiger partial charge on any atom is -0.457 e. The molecule has 0 bridgehead atoms. The van der Waals surface area contributed by atoms with E-state index in [1.165, 1.54) is 0 Å². The monoisotopic (exact) mass is 348 g/mol. The Morgan fingerprint density at radius 2 is 1.96 bits per heavy atom. The third kappa shape index (κ3) is 5.53. The average molecular weight is 349 g/mol. The molecule has 0 aromatic heterocycles. The highest BCUT2D eigenvalue weighted by Gasteiger charge is 2.17. The summed E-state index contributed by atoms with van der Waals surface area (Å²) in [7, 11) is 0.